The van der Waals surface area contributed by atoms with Crippen LogP contribution < -0.4 is 0 Å². The van der Waals surface area contributed by atoms with Gasteiger partial charge in [-0.25, -0.2) is 0 Å². The summed E-state index contributed by atoms with van der Waals surface area (Å²) in [6.07, 6.45) is 1.15. The van der Waals surface area contributed by atoms with Crippen LogP contribution in [0.2, 0.25) is 0 Å². The van der Waals surface area contributed by atoms with Crippen molar-refractivity contribution in [3.8, 4) is 0 Å². The Labute approximate surface area is 91.6 Å². The summed E-state index contributed by atoms with van der Waals surface area (Å²) in [7, 11) is 0. The normalized spacial score (nSPS) is 17.4. The molecule has 2 unspecified atom stereocenters. The van der Waals surface area contributed by atoms with Crippen LogP contribution in [0.25, 0.3) is 0 Å². The van der Waals surface area contributed by atoms with E-state index in [1.54, 1.807) is 24.3 Å². The first kappa shape index (κ1) is 11.7. The Morgan fingerprint density at radius 2 is 2.00 bits per heavy atom. The van der Waals surface area contributed by atoms with E-state index in [4.69, 9.17) is 11.6 Å². The van der Waals surface area contributed by atoms with Crippen molar-refractivity contribution in [3.63, 3.8) is 0 Å². The second kappa shape index (κ2) is 4.91. The van der Waals surface area contributed by atoms with Crippen molar-refractivity contribution in [2.24, 2.45) is 0 Å². The molecule has 0 saturated heterocycles. The molecule has 2 atom stereocenters. The third kappa shape index (κ3) is 2.35. The van der Waals surface area contributed by atoms with Crippen LogP contribution in [0.4, 0.5) is 0 Å². The monoisotopic (exact) mass is 231 g/mol. The van der Waals surface area contributed by atoms with E-state index in [1.165, 1.54) is 0 Å². The van der Waals surface area contributed by atoms with Crippen molar-refractivity contribution < 1.29 is 8.76 Å². The third-order valence-corrected chi connectivity index (χ3v) is 3.79. The second-order valence-electron chi connectivity index (χ2n) is 3.08. The zero-order valence-corrected chi connectivity index (χ0v) is 9.48. The molecule has 0 bridgehead atoms. The van der Waals surface area contributed by atoms with Crippen LogP contribution in [0.5, 0.6) is 0 Å². The minimum atomic E-state index is -2.30. The number of hydrogen-bond acceptors (Lipinski definition) is 2. The Morgan fingerprint density at radius 3 is 2.43 bits per heavy atom. The van der Waals surface area contributed by atoms with Gasteiger partial charge >= 0.3 is 0 Å². The quantitative estimate of drug-likeness (QED) is 0.591. The van der Waals surface area contributed by atoms with Gasteiger partial charge in [-0.05, 0) is 23.1 Å². The van der Waals surface area contributed by atoms with Crippen LogP contribution in [-0.2, 0) is 15.3 Å². The van der Waals surface area contributed by atoms with Gasteiger partial charge in [0.05, 0.1) is 0 Å². The first-order valence-electron chi connectivity index (χ1n) is 4.45. The second-order valence-corrected chi connectivity index (χ2v) is 5.11. The van der Waals surface area contributed by atoms with E-state index >= 15 is 0 Å². The predicted octanol–water partition coefficient (Wildman–Crippen LogP) is 2.76. The predicted molar refractivity (Wildman–Crippen MR) is 57.8 cm³/mol. The van der Waals surface area contributed by atoms with Crippen LogP contribution in [0.15, 0.2) is 30.3 Å². The van der Waals surface area contributed by atoms with Crippen molar-refractivity contribution in [3.05, 3.63) is 35.9 Å². The molecule has 0 radical (unpaired) electrons. The fourth-order valence-corrected chi connectivity index (χ4v) is 2.35. The number of halogens is 1. The molecule has 0 aliphatic heterocycles. The Morgan fingerprint density at radius 1 is 1.43 bits per heavy atom. The van der Waals surface area contributed by atoms with Crippen LogP contribution in [0.1, 0.15) is 25.3 Å². The van der Waals surface area contributed by atoms with Gasteiger partial charge in [-0.1, -0.05) is 43.7 Å². The maximum Gasteiger partial charge on any atom is 0.131 e. The molecule has 0 fully saturated rings. The maximum absolute atomic E-state index is 11.1. The highest BCUT2D eigenvalue weighted by atomic mass is 35.5. The molecule has 14 heavy (non-hydrogen) atoms. The summed E-state index contributed by atoms with van der Waals surface area (Å²) >= 11 is 3.78. The van der Waals surface area contributed by atoms with E-state index in [0.717, 1.165) is 6.42 Å². The van der Waals surface area contributed by atoms with Crippen molar-refractivity contribution in [2.75, 3.05) is 0 Å². The lowest BCUT2D eigenvalue weighted by Crippen LogP contribution is -2.24. The molecule has 2 nitrogen and oxygen atoms in total. The summed E-state index contributed by atoms with van der Waals surface area (Å²) in [5, 5.41) is 0. The van der Waals surface area contributed by atoms with E-state index in [-0.39, 0.29) is 0 Å². The summed E-state index contributed by atoms with van der Waals surface area (Å²) in [6, 6.07) is 8.88. The molecule has 0 aliphatic carbocycles. The van der Waals surface area contributed by atoms with E-state index < -0.39 is 15.3 Å². The molecule has 0 heterocycles. The Bertz CT molecular complexity index is 315. The van der Waals surface area contributed by atoms with Crippen molar-refractivity contribution in [1.82, 2.24) is 0 Å². The van der Waals surface area contributed by atoms with Gasteiger partial charge in [-0.3, -0.25) is 4.21 Å². The average Bonchev–Trinajstić information content (AvgIpc) is 2.19. The lowest BCUT2D eigenvalue weighted by atomic mass is 10.1. The highest BCUT2D eigenvalue weighted by molar-refractivity contribution is 7.81. The molecular weight excluding hydrogens is 220 g/mol. The van der Waals surface area contributed by atoms with Crippen molar-refractivity contribution in [1.29, 1.82) is 0 Å². The molecule has 0 aliphatic rings. The number of benzene rings is 1. The van der Waals surface area contributed by atoms with Crippen LogP contribution in [0.3, 0.4) is 0 Å². The highest BCUT2D eigenvalue weighted by Crippen LogP contribution is 2.36. The summed E-state index contributed by atoms with van der Waals surface area (Å²) in [4.78, 5) is 0. The lowest BCUT2D eigenvalue weighted by molar-refractivity contribution is 0.505. The van der Waals surface area contributed by atoms with E-state index in [1.807, 2.05) is 13.0 Å². The Balaban J connectivity index is 3.06. The van der Waals surface area contributed by atoms with Crippen LogP contribution in [0, 0.1) is 0 Å². The molecule has 0 N–H and O–H groups in total. The minimum absolute atomic E-state index is 0.425. The smallest absolute Gasteiger partial charge is 0.131 e. The van der Waals surface area contributed by atoms with Crippen molar-refractivity contribution in [2.45, 2.75) is 24.0 Å². The molecule has 1 aromatic rings. The molecule has 0 saturated carbocycles. The molecule has 1 rings (SSSR count). The molecule has 4 heteroatoms. The van der Waals surface area contributed by atoms with Gasteiger partial charge in [0.1, 0.15) is 4.21 Å². The van der Waals surface area contributed by atoms with Gasteiger partial charge < -0.3 is 4.55 Å². The van der Waals surface area contributed by atoms with E-state index in [2.05, 4.69) is 0 Å². The van der Waals surface area contributed by atoms with Gasteiger partial charge in [0, 0.05) is 0 Å². The van der Waals surface area contributed by atoms with Gasteiger partial charge in [-0.2, -0.15) is 0 Å². The standard InChI is InChI=1S/C10H13ClO2S/c1-2-8-10(11,14(12)13)9-6-4-3-5-7-9/h3-7H,2,8H2,1H3,(H,12,13)/p-1. The van der Waals surface area contributed by atoms with Crippen molar-refractivity contribution >= 4 is 22.7 Å². The Kier molecular flexibility index (Phi) is 4.11. The number of alkyl halides is 1. The van der Waals surface area contributed by atoms with Crippen LogP contribution in [-0.4, -0.2) is 8.76 Å². The first-order chi connectivity index (χ1) is 6.61. The van der Waals surface area contributed by atoms with Gasteiger partial charge in [0.25, 0.3) is 0 Å². The summed E-state index contributed by atoms with van der Waals surface area (Å²) in [5.41, 5.74) is 0.636. The fraction of sp³-hybridized carbons (Fsp3) is 0.400. The Hall–Kier alpha value is -0.380. The number of hydrogen-bond donors (Lipinski definition) is 0. The summed E-state index contributed by atoms with van der Waals surface area (Å²) in [5.74, 6) is 0. The van der Waals surface area contributed by atoms with Gasteiger partial charge in [-0.15, -0.1) is 11.6 Å². The van der Waals surface area contributed by atoms with Gasteiger partial charge in [0.15, 0.2) is 0 Å². The fourth-order valence-electron chi connectivity index (χ4n) is 1.33. The van der Waals surface area contributed by atoms with Gasteiger partial charge in [0.2, 0.25) is 0 Å². The molecule has 78 valence electrons. The first-order valence-corrected chi connectivity index (χ1v) is 5.90. The van der Waals surface area contributed by atoms with Crippen LogP contribution >= 0.6 is 11.6 Å². The average molecular weight is 232 g/mol. The zero-order valence-electron chi connectivity index (χ0n) is 7.90. The molecule has 0 aromatic heterocycles. The maximum atomic E-state index is 11.1. The molecule has 0 spiro atoms. The lowest BCUT2D eigenvalue weighted by Gasteiger charge is -2.29. The van der Waals surface area contributed by atoms with E-state index in [9.17, 15) is 8.76 Å². The minimum Gasteiger partial charge on any atom is -0.771 e. The third-order valence-electron chi connectivity index (χ3n) is 2.04. The molecule has 1 aromatic carbocycles. The highest BCUT2D eigenvalue weighted by Gasteiger charge is 2.29. The SMILES string of the molecule is CCCC(Cl)(c1ccccc1)S(=O)[O-]. The summed E-state index contributed by atoms with van der Waals surface area (Å²) < 4.78 is 20.9. The number of rotatable bonds is 4. The topological polar surface area (TPSA) is 40.1 Å². The largest absolute Gasteiger partial charge is 0.771 e. The molecule has 0 amide bonds. The van der Waals surface area contributed by atoms with E-state index in [0.29, 0.717) is 12.0 Å². The molecular formula is C10H12ClO2S-. The summed E-state index contributed by atoms with van der Waals surface area (Å²) in [6.45, 7) is 1.91. The zero-order chi connectivity index (χ0) is 10.6.